The smallest absolute Gasteiger partial charge is 0.317 e. The summed E-state index contributed by atoms with van der Waals surface area (Å²) in [5, 5.41) is 12.2. The van der Waals surface area contributed by atoms with Gasteiger partial charge in [0.15, 0.2) is 5.78 Å². The van der Waals surface area contributed by atoms with E-state index in [4.69, 9.17) is 5.11 Å². The molecule has 14 heavy (non-hydrogen) atoms. The summed E-state index contributed by atoms with van der Waals surface area (Å²) in [6.07, 6.45) is 0.710. The van der Waals surface area contributed by atoms with Crippen molar-refractivity contribution in [3.05, 3.63) is 12.2 Å². The van der Waals surface area contributed by atoms with Gasteiger partial charge in [-0.2, -0.15) is 0 Å². The lowest BCUT2D eigenvalue weighted by atomic mass is 9.73. The van der Waals surface area contributed by atoms with Crippen LogP contribution in [0.15, 0.2) is 12.2 Å². The van der Waals surface area contributed by atoms with E-state index >= 15 is 0 Å². The first kappa shape index (κ1) is 10.9. The van der Waals surface area contributed by atoms with Gasteiger partial charge in [0.25, 0.3) is 0 Å². The van der Waals surface area contributed by atoms with Crippen molar-refractivity contribution >= 4 is 11.8 Å². The van der Waals surface area contributed by atoms with Crippen LogP contribution in [-0.2, 0) is 9.59 Å². The number of Topliss-reactive ketones (excluding diaryl/α,β-unsaturated/α-hetero) is 1. The van der Waals surface area contributed by atoms with E-state index < -0.39 is 11.4 Å². The molecule has 1 heterocycles. The molecular formula is C10H15NO3. The highest BCUT2D eigenvalue weighted by atomic mass is 16.4. The second-order valence-corrected chi connectivity index (χ2v) is 3.75. The number of carbonyl (C=O) groups excluding carboxylic acids is 1. The van der Waals surface area contributed by atoms with Crippen LogP contribution < -0.4 is 5.32 Å². The Labute approximate surface area is 83.0 Å². The summed E-state index contributed by atoms with van der Waals surface area (Å²) < 4.78 is 0. The fraction of sp³-hybridized carbons (Fsp3) is 0.600. The molecule has 1 saturated heterocycles. The lowest BCUT2D eigenvalue weighted by Gasteiger charge is -2.32. The zero-order chi connectivity index (χ0) is 10.8. The molecule has 1 fully saturated rings. The molecule has 2 N–H and O–H groups in total. The molecule has 0 spiro atoms. The van der Waals surface area contributed by atoms with E-state index in [0.717, 1.165) is 0 Å². The number of nitrogens with one attached hydrogen (secondary N) is 1. The van der Waals surface area contributed by atoms with Gasteiger partial charge in [0.05, 0.1) is 0 Å². The van der Waals surface area contributed by atoms with E-state index in [2.05, 4.69) is 11.9 Å². The van der Waals surface area contributed by atoms with Gasteiger partial charge in [0.1, 0.15) is 5.41 Å². The number of allylic oxidation sites excluding steroid dienone is 1. The van der Waals surface area contributed by atoms with Crippen molar-refractivity contribution in [3.63, 3.8) is 0 Å². The lowest BCUT2D eigenvalue weighted by Crippen LogP contribution is -2.47. The van der Waals surface area contributed by atoms with Crippen molar-refractivity contribution in [2.75, 3.05) is 13.1 Å². The number of rotatable bonds is 3. The Morgan fingerprint density at radius 2 is 1.86 bits per heavy atom. The summed E-state index contributed by atoms with van der Waals surface area (Å²) in [4.78, 5) is 22.9. The maximum atomic E-state index is 11.8. The van der Waals surface area contributed by atoms with Crippen molar-refractivity contribution < 1.29 is 14.7 Å². The summed E-state index contributed by atoms with van der Waals surface area (Å²) in [6, 6.07) is 0. The zero-order valence-corrected chi connectivity index (χ0v) is 8.30. The second kappa shape index (κ2) is 3.92. The minimum atomic E-state index is -1.23. The Balaban J connectivity index is 2.97. The van der Waals surface area contributed by atoms with Gasteiger partial charge >= 0.3 is 5.97 Å². The molecule has 0 aromatic heterocycles. The maximum absolute atomic E-state index is 11.8. The molecule has 0 aromatic carbocycles. The fourth-order valence-corrected chi connectivity index (χ4v) is 1.80. The minimum Gasteiger partial charge on any atom is -0.480 e. The standard InChI is InChI=1S/C10H15NO3/c1-7(2)8(12)10(9(13)14)3-5-11-6-4-10/h11H,1,3-6H2,2H3,(H,13,14). The van der Waals surface area contributed by atoms with E-state index in [1.807, 2.05) is 0 Å². The number of piperidine rings is 1. The van der Waals surface area contributed by atoms with Gasteiger partial charge in [-0.1, -0.05) is 6.58 Å². The second-order valence-electron chi connectivity index (χ2n) is 3.75. The van der Waals surface area contributed by atoms with Crippen LogP contribution in [0.4, 0.5) is 0 Å². The van der Waals surface area contributed by atoms with Crippen LogP contribution in [0.1, 0.15) is 19.8 Å². The van der Waals surface area contributed by atoms with E-state index in [-0.39, 0.29) is 5.78 Å². The highest BCUT2D eigenvalue weighted by Crippen LogP contribution is 2.32. The predicted octanol–water partition coefficient (Wildman–Crippen LogP) is 0.586. The lowest BCUT2D eigenvalue weighted by molar-refractivity contribution is -0.155. The SMILES string of the molecule is C=C(C)C(=O)C1(C(=O)O)CCNCC1. The average molecular weight is 197 g/mol. The van der Waals surface area contributed by atoms with Crippen molar-refractivity contribution in [3.8, 4) is 0 Å². The van der Waals surface area contributed by atoms with Gasteiger partial charge in [-0.05, 0) is 38.4 Å². The third-order valence-electron chi connectivity index (χ3n) is 2.69. The van der Waals surface area contributed by atoms with E-state index in [1.54, 1.807) is 6.92 Å². The Hall–Kier alpha value is -1.16. The number of ketones is 1. The molecule has 1 rings (SSSR count). The molecule has 1 aliphatic rings. The van der Waals surface area contributed by atoms with Gasteiger partial charge in [-0.15, -0.1) is 0 Å². The summed E-state index contributed by atoms with van der Waals surface area (Å²) in [6.45, 7) is 6.24. The summed E-state index contributed by atoms with van der Waals surface area (Å²) in [5.41, 5.74) is -0.897. The Kier molecular flexibility index (Phi) is 3.06. The van der Waals surface area contributed by atoms with Crippen LogP contribution >= 0.6 is 0 Å². The summed E-state index contributed by atoms with van der Waals surface area (Å²) in [7, 11) is 0. The van der Waals surface area contributed by atoms with Crippen LogP contribution in [0.2, 0.25) is 0 Å². The first-order valence-electron chi connectivity index (χ1n) is 4.65. The van der Waals surface area contributed by atoms with Gasteiger partial charge in [0, 0.05) is 0 Å². The van der Waals surface area contributed by atoms with Gasteiger partial charge < -0.3 is 10.4 Å². The fourth-order valence-electron chi connectivity index (χ4n) is 1.80. The molecule has 0 unspecified atom stereocenters. The number of hydrogen-bond donors (Lipinski definition) is 2. The topological polar surface area (TPSA) is 66.4 Å². The third kappa shape index (κ3) is 1.70. The molecule has 0 aromatic rings. The van der Waals surface area contributed by atoms with Crippen LogP contribution in [-0.4, -0.2) is 29.9 Å². The molecule has 1 aliphatic heterocycles. The van der Waals surface area contributed by atoms with Gasteiger partial charge in [-0.3, -0.25) is 9.59 Å². The largest absolute Gasteiger partial charge is 0.480 e. The highest BCUT2D eigenvalue weighted by molar-refractivity contribution is 6.11. The average Bonchev–Trinajstić information content (AvgIpc) is 2.17. The predicted molar refractivity (Wildman–Crippen MR) is 52.0 cm³/mol. The third-order valence-corrected chi connectivity index (χ3v) is 2.69. The van der Waals surface area contributed by atoms with Crippen molar-refractivity contribution in [2.24, 2.45) is 5.41 Å². The summed E-state index contributed by atoms with van der Waals surface area (Å²) >= 11 is 0. The van der Waals surface area contributed by atoms with Crippen molar-refractivity contribution in [1.82, 2.24) is 5.32 Å². The molecule has 78 valence electrons. The van der Waals surface area contributed by atoms with Crippen LogP contribution in [0.25, 0.3) is 0 Å². The number of carboxylic acid groups (broad SMARTS) is 1. The van der Waals surface area contributed by atoms with Crippen molar-refractivity contribution in [1.29, 1.82) is 0 Å². The molecule has 0 bridgehead atoms. The van der Waals surface area contributed by atoms with Crippen LogP contribution in [0.5, 0.6) is 0 Å². The van der Waals surface area contributed by atoms with E-state index in [1.165, 1.54) is 0 Å². The first-order chi connectivity index (χ1) is 6.50. The number of carbonyl (C=O) groups is 2. The van der Waals surface area contributed by atoms with Gasteiger partial charge in [0.2, 0.25) is 0 Å². The van der Waals surface area contributed by atoms with Crippen LogP contribution in [0, 0.1) is 5.41 Å². The molecule has 0 amide bonds. The molecule has 4 heteroatoms. The molecule has 0 atom stereocenters. The Morgan fingerprint density at radius 1 is 1.36 bits per heavy atom. The number of hydrogen-bond acceptors (Lipinski definition) is 3. The van der Waals surface area contributed by atoms with Crippen molar-refractivity contribution in [2.45, 2.75) is 19.8 Å². The Morgan fingerprint density at radius 3 is 2.21 bits per heavy atom. The first-order valence-corrected chi connectivity index (χ1v) is 4.65. The zero-order valence-electron chi connectivity index (χ0n) is 8.30. The Bertz CT molecular complexity index is 277. The molecule has 4 nitrogen and oxygen atoms in total. The normalized spacial score (nSPS) is 20.1. The molecular weight excluding hydrogens is 182 g/mol. The quantitative estimate of drug-likeness (QED) is 0.513. The molecule has 0 saturated carbocycles. The highest BCUT2D eigenvalue weighted by Gasteiger charge is 2.46. The molecule has 0 aliphatic carbocycles. The van der Waals surface area contributed by atoms with E-state index in [0.29, 0.717) is 31.5 Å². The number of carboxylic acids is 1. The maximum Gasteiger partial charge on any atom is 0.317 e. The minimum absolute atomic E-state index is 0.327. The summed E-state index contributed by atoms with van der Waals surface area (Å²) in [5.74, 6) is -1.35. The monoisotopic (exact) mass is 197 g/mol. The van der Waals surface area contributed by atoms with Gasteiger partial charge in [-0.25, -0.2) is 0 Å². The molecule has 0 radical (unpaired) electrons. The van der Waals surface area contributed by atoms with Crippen LogP contribution in [0.3, 0.4) is 0 Å². The van der Waals surface area contributed by atoms with E-state index in [9.17, 15) is 9.59 Å². The number of aliphatic carboxylic acids is 1.